The van der Waals surface area contributed by atoms with Crippen molar-refractivity contribution in [3.05, 3.63) is 89.9 Å². The number of rotatable bonds is 6. The van der Waals surface area contributed by atoms with Crippen molar-refractivity contribution in [2.45, 2.75) is 51.4 Å². The number of hydrogen-bond donors (Lipinski definition) is 1. The Morgan fingerprint density at radius 3 is 2.22 bits per heavy atom. The van der Waals surface area contributed by atoms with E-state index in [9.17, 15) is 22.4 Å². The van der Waals surface area contributed by atoms with Crippen LogP contribution in [0.1, 0.15) is 44.9 Å². The van der Waals surface area contributed by atoms with Gasteiger partial charge in [-0.05, 0) is 65.9 Å². The average Bonchev–Trinajstić information content (AvgIpc) is 3.25. The van der Waals surface area contributed by atoms with Crippen LogP contribution >= 0.6 is 0 Å². The number of nitrogens with zero attached hydrogens (tertiary/aromatic N) is 2. The molecule has 1 aromatic heterocycles. The molecule has 0 fully saturated rings. The molecule has 0 aliphatic heterocycles. The van der Waals surface area contributed by atoms with Crippen LogP contribution < -0.4 is 10.1 Å². The first-order valence-electron chi connectivity index (χ1n) is 11.7. The maximum absolute atomic E-state index is 13.3. The fourth-order valence-electron chi connectivity index (χ4n) is 4.01. The highest BCUT2D eigenvalue weighted by Gasteiger charge is 2.40. The summed E-state index contributed by atoms with van der Waals surface area (Å²) in [7, 11) is 0. The minimum Gasteiger partial charge on any atom is -0.484 e. The number of benzene rings is 3. The molecule has 0 spiro atoms. The van der Waals surface area contributed by atoms with Gasteiger partial charge in [-0.2, -0.15) is 18.3 Å². The van der Waals surface area contributed by atoms with E-state index in [1.165, 1.54) is 19.1 Å². The lowest BCUT2D eigenvalue weighted by molar-refractivity contribution is -0.174. The van der Waals surface area contributed by atoms with E-state index >= 15 is 0 Å². The molecule has 5 nitrogen and oxygen atoms in total. The summed E-state index contributed by atoms with van der Waals surface area (Å²) in [6.45, 7) is 7.65. The zero-order chi connectivity index (χ0) is 27.0. The highest BCUT2D eigenvalue weighted by Crippen LogP contribution is 2.31. The lowest BCUT2D eigenvalue weighted by Crippen LogP contribution is -2.45. The Kier molecular flexibility index (Phi) is 6.99. The van der Waals surface area contributed by atoms with Crippen molar-refractivity contribution in [1.82, 2.24) is 15.1 Å². The number of carbonyl (C=O) groups is 1. The first kappa shape index (κ1) is 26.2. The predicted molar refractivity (Wildman–Crippen MR) is 133 cm³/mol. The van der Waals surface area contributed by atoms with E-state index in [0.717, 1.165) is 16.5 Å². The molecular formula is C28H27F4N3O2. The van der Waals surface area contributed by atoms with Crippen molar-refractivity contribution in [1.29, 1.82) is 0 Å². The second-order valence-electron chi connectivity index (χ2n) is 9.92. The van der Waals surface area contributed by atoms with Crippen LogP contribution in [0.15, 0.2) is 72.9 Å². The van der Waals surface area contributed by atoms with Gasteiger partial charge in [-0.15, -0.1) is 0 Å². The Balaban J connectivity index is 1.65. The van der Waals surface area contributed by atoms with Crippen LogP contribution in [0.2, 0.25) is 0 Å². The Bertz CT molecular complexity index is 1390. The molecule has 1 heterocycles. The number of aromatic nitrogens is 2. The summed E-state index contributed by atoms with van der Waals surface area (Å²) in [6, 6.07) is 17.5. The number of halogens is 4. The fourth-order valence-corrected chi connectivity index (χ4v) is 4.01. The maximum atomic E-state index is 13.3. The van der Waals surface area contributed by atoms with E-state index < -0.39 is 24.2 Å². The van der Waals surface area contributed by atoms with Crippen molar-refractivity contribution in [3.8, 4) is 11.4 Å². The first-order valence-corrected chi connectivity index (χ1v) is 11.7. The first-order chi connectivity index (χ1) is 17.3. The second-order valence-corrected chi connectivity index (χ2v) is 9.92. The maximum Gasteiger partial charge on any atom is 0.471 e. The molecule has 0 bridgehead atoms. The zero-order valence-electron chi connectivity index (χ0n) is 20.8. The number of nitrogens with one attached hydrogen (secondary N) is 1. The molecular weight excluding hydrogens is 486 g/mol. The summed E-state index contributed by atoms with van der Waals surface area (Å²) in [6.07, 6.45) is -4.29. The van der Waals surface area contributed by atoms with E-state index in [0.29, 0.717) is 17.0 Å². The smallest absolute Gasteiger partial charge is 0.471 e. The third kappa shape index (κ3) is 5.93. The molecule has 0 aliphatic rings. The molecule has 0 unspecified atom stereocenters. The van der Waals surface area contributed by atoms with Gasteiger partial charge in [0.05, 0.1) is 23.4 Å². The molecule has 0 aliphatic carbocycles. The summed E-state index contributed by atoms with van der Waals surface area (Å²) in [5.41, 5.74) is 2.97. The molecule has 1 N–H and O–H groups in total. The number of ether oxygens (including phenoxy) is 1. The van der Waals surface area contributed by atoms with Crippen LogP contribution in [-0.4, -0.2) is 27.9 Å². The molecule has 0 radical (unpaired) electrons. The standard InChI is InChI=1S/C28H27F4N3O2/c1-17(34-26(36)28(30,31)32)25(18-5-7-20(8-6-18)27(2,3)4)37-23-13-14-24-19(15-23)16-33-35(24)22-11-9-21(29)10-12-22/h5-17,25H,1-4H3,(H,34,36)/t17-,25-/m0/s1. The normalized spacial score (nSPS) is 13.8. The van der Waals surface area contributed by atoms with Gasteiger partial charge in [0.1, 0.15) is 17.7 Å². The zero-order valence-corrected chi connectivity index (χ0v) is 20.8. The molecule has 9 heteroatoms. The Morgan fingerprint density at radius 2 is 1.62 bits per heavy atom. The van der Waals surface area contributed by atoms with Crippen molar-refractivity contribution in [2.75, 3.05) is 0 Å². The van der Waals surface area contributed by atoms with Gasteiger partial charge in [0.2, 0.25) is 0 Å². The molecule has 3 aromatic carbocycles. The molecule has 0 saturated heterocycles. The van der Waals surface area contributed by atoms with Crippen LogP contribution in [0.4, 0.5) is 17.6 Å². The number of fused-ring (bicyclic) bond motifs is 1. The van der Waals surface area contributed by atoms with Crippen molar-refractivity contribution < 1.29 is 27.1 Å². The average molecular weight is 514 g/mol. The number of carbonyl (C=O) groups excluding carboxylic acids is 1. The van der Waals surface area contributed by atoms with Gasteiger partial charge in [0.25, 0.3) is 0 Å². The highest BCUT2D eigenvalue weighted by atomic mass is 19.4. The van der Waals surface area contributed by atoms with Crippen LogP contribution in [-0.2, 0) is 10.2 Å². The quantitative estimate of drug-likeness (QED) is 0.294. The topological polar surface area (TPSA) is 56.1 Å². The minimum atomic E-state index is -5.01. The Morgan fingerprint density at radius 1 is 0.973 bits per heavy atom. The van der Waals surface area contributed by atoms with Gasteiger partial charge in [0.15, 0.2) is 0 Å². The molecule has 2 atom stereocenters. The SMILES string of the molecule is C[C@H](NC(=O)C(F)(F)F)[C@H](Oc1ccc2c(cnn2-c2ccc(F)cc2)c1)c1ccc(C(C)(C)C)cc1. The monoisotopic (exact) mass is 513 g/mol. The number of amides is 1. The van der Waals surface area contributed by atoms with Crippen molar-refractivity contribution in [2.24, 2.45) is 0 Å². The number of hydrogen-bond acceptors (Lipinski definition) is 3. The van der Waals surface area contributed by atoms with E-state index in [-0.39, 0.29) is 11.2 Å². The van der Waals surface area contributed by atoms with Gasteiger partial charge in [-0.3, -0.25) is 4.79 Å². The molecule has 0 saturated carbocycles. The molecule has 37 heavy (non-hydrogen) atoms. The van der Waals surface area contributed by atoms with Gasteiger partial charge >= 0.3 is 12.1 Å². The van der Waals surface area contributed by atoms with Gasteiger partial charge < -0.3 is 10.1 Å². The van der Waals surface area contributed by atoms with Crippen molar-refractivity contribution in [3.63, 3.8) is 0 Å². The second kappa shape index (κ2) is 9.88. The molecule has 4 aromatic rings. The van der Waals surface area contributed by atoms with Gasteiger partial charge in [-0.25, -0.2) is 9.07 Å². The third-order valence-electron chi connectivity index (χ3n) is 6.05. The fraction of sp³-hybridized carbons (Fsp3) is 0.286. The molecule has 1 amide bonds. The summed E-state index contributed by atoms with van der Waals surface area (Å²) < 4.78 is 60.0. The van der Waals surface area contributed by atoms with Crippen LogP contribution in [0.5, 0.6) is 5.75 Å². The Hall–Kier alpha value is -3.88. The van der Waals surface area contributed by atoms with E-state index in [1.54, 1.807) is 53.3 Å². The van der Waals surface area contributed by atoms with Crippen LogP contribution in [0.3, 0.4) is 0 Å². The minimum absolute atomic E-state index is 0.110. The summed E-state index contributed by atoms with van der Waals surface area (Å²) >= 11 is 0. The van der Waals surface area contributed by atoms with Gasteiger partial charge in [-0.1, -0.05) is 45.0 Å². The van der Waals surface area contributed by atoms with Gasteiger partial charge in [0, 0.05) is 5.39 Å². The summed E-state index contributed by atoms with van der Waals surface area (Å²) in [5, 5.41) is 7.10. The van der Waals surface area contributed by atoms with Crippen LogP contribution in [0, 0.1) is 5.82 Å². The third-order valence-corrected chi connectivity index (χ3v) is 6.05. The molecule has 4 rings (SSSR count). The van der Waals surface area contributed by atoms with Crippen molar-refractivity contribution >= 4 is 16.8 Å². The van der Waals surface area contributed by atoms with E-state index in [2.05, 4.69) is 25.9 Å². The highest BCUT2D eigenvalue weighted by molar-refractivity contribution is 5.82. The largest absolute Gasteiger partial charge is 0.484 e. The van der Waals surface area contributed by atoms with Crippen LogP contribution in [0.25, 0.3) is 16.6 Å². The predicted octanol–water partition coefficient (Wildman–Crippen LogP) is 6.65. The molecule has 194 valence electrons. The van der Waals surface area contributed by atoms with E-state index in [4.69, 9.17) is 4.74 Å². The lowest BCUT2D eigenvalue weighted by atomic mass is 9.86. The number of alkyl halides is 3. The Labute approximate surface area is 212 Å². The van der Waals surface area contributed by atoms with E-state index in [1.807, 2.05) is 17.4 Å². The summed E-state index contributed by atoms with van der Waals surface area (Å²) in [4.78, 5) is 11.7. The lowest BCUT2D eigenvalue weighted by Gasteiger charge is -2.28. The summed E-state index contributed by atoms with van der Waals surface area (Å²) in [5.74, 6) is -2.00.